The van der Waals surface area contributed by atoms with Crippen molar-refractivity contribution in [2.24, 2.45) is 0 Å². The second-order valence-electron chi connectivity index (χ2n) is 3.48. The van der Waals surface area contributed by atoms with Crippen LogP contribution in [0.5, 0.6) is 0 Å². The molecular weight excluding hydrogens is 418 g/mol. The Balaban J connectivity index is 2.75. The summed E-state index contributed by atoms with van der Waals surface area (Å²) in [5.41, 5.74) is 1.23. The Bertz CT molecular complexity index is 806. The molecule has 0 aliphatic carbocycles. The second kappa shape index (κ2) is 3.93. The van der Waals surface area contributed by atoms with Gasteiger partial charge in [0.2, 0.25) is 0 Å². The number of nitrogens with one attached hydrogen (secondary N) is 1. The van der Waals surface area contributed by atoms with E-state index in [4.69, 9.17) is 0 Å². The zero-order chi connectivity index (χ0) is 12.2. The number of halogens is 3. The molecule has 0 fully saturated rings. The van der Waals surface area contributed by atoms with Gasteiger partial charge in [0.25, 0.3) is 5.56 Å². The number of aromatic amines is 1. The minimum absolute atomic E-state index is 0.224. The van der Waals surface area contributed by atoms with Crippen molar-refractivity contribution in [1.82, 2.24) is 14.6 Å². The summed E-state index contributed by atoms with van der Waals surface area (Å²) >= 11 is 10.4. The van der Waals surface area contributed by atoms with Gasteiger partial charge in [-0.1, -0.05) is 6.07 Å². The monoisotopic (exact) mass is 419 g/mol. The van der Waals surface area contributed by atoms with E-state index in [1.165, 1.54) is 0 Å². The summed E-state index contributed by atoms with van der Waals surface area (Å²) in [6.45, 7) is 0. The third-order valence-electron chi connectivity index (χ3n) is 2.55. The molecule has 0 aliphatic rings. The van der Waals surface area contributed by atoms with Crippen LogP contribution in [0.4, 0.5) is 0 Å². The van der Waals surface area contributed by atoms with Gasteiger partial charge in [0, 0.05) is 9.86 Å². The lowest BCUT2D eigenvalue weighted by molar-refractivity contribution is 0.929. The van der Waals surface area contributed by atoms with E-state index in [1.807, 2.05) is 12.1 Å². The van der Waals surface area contributed by atoms with Crippen molar-refractivity contribution in [3.05, 3.63) is 42.2 Å². The van der Waals surface area contributed by atoms with Gasteiger partial charge in [-0.05, 0) is 53.9 Å². The third-order valence-corrected chi connectivity index (χ3v) is 5.35. The molecule has 86 valence electrons. The van der Waals surface area contributed by atoms with E-state index in [1.54, 1.807) is 10.7 Å². The van der Waals surface area contributed by atoms with Crippen LogP contribution in [0.3, 0.4) is 0 Å². The molecule has 0 unspecified atom stereocenters. The normalized spacial score (nSPS) is 11.5. The summed E-state index contributed by atoms with van der Waals surface area (Å²) in [7, 11) is 0. The molecular formula is C10H4Br3N3O. The highest BCUT2D eigenvalue weighted by Gasteiger charge is 2.16. The number of benzene rings is 1. The number of nitrogens with zero attached hydrogens (tertiary/aromatic N) is 2. The van der Waals surface area contributed by atoms with Crippen LogP contribution in [0.1, 0.15) is 0 Å². The highest BCUT2D eigenvalue weighted by molar-refractivity contribution is 9.13. The van der Waals surface area contributed by atoms with Crippen LogP contribution >= 0.6 is 47.8 Å². The van der Waals surface area contributed by atoms with Crippen LogP contribution in [-0.2, 0) is 0 Å². The first kappa shape index (κ1) is 11.4. The molecule has 0 aliphatic heterocycles. The van der Waals surface area contributed by atoms with Gasteiger partial charge in [0.1, 0.15) is 11.8 Å². The number of aromatic nitrogens is 3. The molecule has 0 bridgehead atoms. The van der Waals surface area contributed by atoms with Gasteiger partial charge in [0.05, 0.1) is 14.5 Å². The highest BCUT2D eigenvalue weighted by Crippen LogP contribution is 2.37. The molecule has 0 amide bonds. The van der Waals surface area contributed by atoms with Crippen molar-refractivity contribution in [2.75, 3.05) is 0 Å². The lowest BCUT2D eigenvalue weighted by Gasteiger charge is -2.00. The van der Waals surface area contributed by atoms with E-state index in [9.17, 15) is 4.79 Å². The lowest BCUT2D eigenvalue weighted by atomic mass is 10.2. The Kier molecular flexibility index (Phi) is 2.64. The maximum absolute atomic E-state index is 11.8. The fourth-order valence-corrected chi connectivity index (χ4v) is 3.37. The van der Waals surface area contributed by atoms with Crippen LogP contribution in [0.2, 0.25) is 0 Å². The standard InChI is InChI=1S/C10H4Br3N3O/c11-5-2-1-4-6(12)9-10(17)15-14-3-16(9)8(4)7(5)13/h1-3H,(H,15,17). The molecule has 2 heterocycles. The molecule has 0 spiro atoms. The molecule has 4 nitrogen and oxygen atoms in total. The third kappa shape index (κ3) is 1.52. The van der Waals surface area contributed by atoms with Gasteiger partial charge < -0.3 is 0 Å². The Morgan fingerprint density at radius 3 is 2.65 bits per heavy atom. The molecule has 2 aromatic heterocycles. The van der Waals surface area contributed by atoms with Crippen molar-refractivity contribution in [1.29, 1.82) is 0 Å². The maximum Gasteiger partial charge on any atom is 0.289 e. The molecule has 3 rings (SSSR count). The molecule has 7 heteroatoms. The second-order valence-corrected chi connectivity index (χ2v) is 5.92. The summed E-state index contributed by atoms with van der Waals surface area (Å²) in [5, 5.41) is 7.20. The van der Waals surface area contributed by atoms with E-state index in [0.29, 0.717) is 5.52 Å². The molecule has 0 saturated carbocycles. The average molecular weight is 422 g/mol. The van der Waals surface area contributed by atoms with E-state index in [2.05, 4.69) is 58.0 Å². The minimum Gasteiger partial charge on any atom is -0.292 e. The van der Waals surface area contributed by atoms with Gasteiger partial charge >= 0.3 is 0 Å². The number of rotatable bonds is 0. The smallest absolute Gasteiger partial charge is 0.289 e. The number of fused-ring (bicyclic) bond motifs is 3. The highest BCUT2D eigenvalue weighted by atomic mass is 79.9. The zero-order valence-corrected chi connectivity index (χ0v) is 12.9. The van der Waals surface area contributed by atoms with Crippen LogP contribution in [0.15, 0.2) is 36.7 Å². The Morgan fingerprint density at radius 1 is 1.12 bits per heavy atom. The average Bonchev–Trinajstić information content (AvgIpc) is 2.59. The van der Waals surface area contributed by atoms with Gasteiger partial charge in [-0.2, -0.15) is 5.10 Å². The zero-order valence-electron chi connectivity index (χ0n) is 8.17. The largest absolute Gasteiger partial charge is 0.292 e. The topological polar surface area (TPSA) is 50.2 Å². The van der Waals surface area contributed by atoms with E-state index in [-0.39, 0.29) is 5.56 Å². The van der Waals surface area contributed by atoms with Gasteiger partial charge in [-0.15, -0.1) is 0 Å². The van der Waals surface area contributed by atoms with Crippen molar-refractivity contribution < 1.29 is 0 Å². The Labute approximate surface area is 120 Å². The quantitative estimate of drug-likeness (QED) is 0.604. The molecule has 1 aromatic carbocycles. The van der Waals surface area contributed by atoms with Crippen LogP contribution in [0, 0.1) is 0 Å². The van der Waals surface area contributed by atoms with Crippen LogP contribution in [0.25, 0.3) is 16.4 Å². The fourth-order valence-electron chi connectivity index (χ4n) is 1.82. The number of hydrogen-bond acceptors (Lipinski definition) is 2. The van der Waals surface area contributed by atoms with Gasteiger partial charge in [0.15, 0.2) is 0 Å². The first-order chi connectivity index (χ1) is 8.11. The molecule has 1 N–H and O–H groups in total. The van der Waals surface area contributed by atoms with Gasteiger partial charge in [-0.3, -0.25) is 9.20 Å². The minimum atomic E-state index is -0.224. The Morgan fingerprint density at radius 2 is 1.88 bits per heavy atom. The lowest BCUT2D eigenvalue weighted by Crippen LogP contribution is -2.10. The summed E-state index contributed by atoms with van der Waals surface area (Å²) in [6.07, 6.45) is 1.58. The first-order valence-corrected chi connectivity index (χ1v) is 7.00. The molecule has 0 atom stereocenters. The summed E-state index contributed by atoms with van der Waals surface area (Å²) in [4.78, 5) is 11.8. The van der Waals surface area contributed by atoms with Gasteiger partial charge in [-0.25, -0.2) is 5.10 Å². The molecule has 17 heavy (non-hydrogen) atoms. The molecule has 0 radical (unpaired) electrons. The summed E-state index contributed by atoms with van der Waals surface area (Å²) in [6, 6.07) is 3.87. The fraction of sp³-hybridized carbons (Fsp3) is 0. The number of hydrogen-bond donors (Lipinski definition) is 1. The van der Waals surface area contributed by atoms with E-state index >= 15 is 0 Å². The Hall–Kier alpha value is -0.660. The van der Waals surface area contributed by atoms with Crippen LogP contribution < -0.4 is 5.56 Å². The van der Waals surface area contributed by atoms with Crippen molar-refractivity contribution in [2.45, 2.75) is 0 Å². The summed E-state index contributed by atoms with van der Waals surface area (Å²) < 4.78 is 4.34. The van der Waals surface area contributed by atoms with Crippen molar-refractivity contribution >= 4 is 64.2 Å². The maximum atomic E-state index is 11.8. The number of H-pyrrole nitrogens is 1. The van der Waals surface area contributed by atoms with Crippen molar-refractivity contribution in [3.63, 3.8) is 0 Å². The van der Waals surface area contributed by atoms with Crippen molar-refractivity contribution in [3.8, 4) is 0 Å². The summed E-state index contributed by atoms with van der Waals surface area (Å²) in [5.74, 6) is 0. The van der Waals surface area contributed by atoms with E-state index in [0.717, 1.165) is 24.3 Å². The molecule has 0 saturated heterocycles. The SMILES string of the molecule is O=c1[nH]ncn2c1c(Br)c1ccc(Br)c(Br)c12. The predicted molar refractivity (Wildman–Crippen MR) is 76.4 cm³/mol. The first-order valence-electron chi connectivity index (χ1n) is 4.62. The molecule has 3 aromatic rings. The predicted octanol–water partition coefficient (Wildman–Crippen LogP) is 3.46. The van der Waals surface area contributed by atoms with Crippen LogP contribution in [-0.4, -0.2) is 14.6 Å². The van der Waals surface area contributed by atoms with E-state index < -0.39 is 0 Å².